The molecule has 0 amide bonds. The van der Waals surface area contributed by atoms with E-state index in [0.717, 1.165) is 38.7 Å². The van der Waals surface area contributed by atoms with Crippen LogP contribution in [0.25, 0.3) is 32.1 Å². The zero-order valence-corrected chi connectivity index (χ0v) is 17.5. The number of aryl methyl sites for hydroxylation is 1. The van der Waals surface area contributed by atoms with Crippen LogP contribution in [-0.4, -0.2) is 18.6 Å². The van der Waals surface area contributed by atoms with E-state index in [1.165, 1.54) is 16.9 Å². The number of benzene rings is 2. The van der Waals surface area contributed by atoms with Gasteiger partial charge in [0.15, 0.2) is 0 Å². The lowest BCUT2D eigenvalue weighted by Gasteiger charge is -2.16. The van der Waals surface area contributed by atoms with Gasteiger partial charge in [0.25, 0.3) is 5.56 Å². The van der Waals surface area contributed by atoms with E-state index in [4.69, 9.17) is 22.1 Å². The fourth-order valence-corrected chi connectivity index (χ4v) is 4.79. The summed E-state index contributed by atoms with van der Waals surface area (Å²) in [6, 6.07) is 12.2. The van der Waals surface area contributed by atoms with Crippen molar-refractivity contribution in [2.24, 2.45) is 5.73 Å². The monoisotopic (exact) mass is 412 g/mol. The van der Waals surface area contributed by atoms with E-state index in [0.29, 0.717) is 21.5 Å². The Hall–Kier alpha value is -2.34. The summed E-state index contributed by atoms with van der Waals surface area (Å²) in [5.41, 5.74) is 10.6. The van der Waals surface area contributed by atoms with Gasteiger partial charge >= 0.3 is 0 Å². The second-order valence-corrected chi connectivity index (χ2v) is 8.71. The summed E-state index contributed by atoms with van der Waals surface area (Å²) >= 11 is 7.55. The molecule has 0 unspecified atom stereocenters. The van der Waals surface area contributed by atoms with Crippen LogP contribution in [0.5, 0.6) is 5.75 Å². The first-order valence-corrected chi connectivity index (χ1v) is 10.3. The van der Waals surface area contributed by atoms with Crippen molar-refractivity contribution in [1.82, 2.24) is 4.98 Å². The third kappa shape index (κ3) is 3.00. The molecule has 4 aromatic rings. The molecule has 0 aliphatic heterocycles. The highest BCUT2D eigenvalue weighted by molar-refractivity contribution is 7.22. The van der Waals surface area contributed by atoms with Crippen molar-refractivity contribution in [1.29, 1.82) is 0 Å². The van der Waals surface area contributed by atoms with Crippen LogP contribution in [0.15, 0.2) is 41.2 Å². The van der Waals surface area contributed by atoms with Crippen LogP contribution in [0.4, 0.5) is 0 Å². The molecule has 2 aromatic heterocycles. The maximum absolute atomic E-state index is 12.6. The van der Waals surface area contributed by atoms with E-state index < -0.39 is 0 Å². The number of hydrogen-bond acceptors (Lipinski definition) is 4. The van der Waals surface area contributed by atoms with Crippen LogP contribution >= 0.6 is 22.9 Å². The van der Waals surface area contributed by atoms with Crippen molar-refractivity contribution in [3.05, 3.63) is 62.2 Å². The lowest BCUT2D eigenvalue weighted by Crippen LogP contribution is -2.08. The van der Waals surface area contributed by atoms with Gasteiger partial charge in [0, 0.05) is 16.3 Å². The highest BCUT2D eigenvalue weighted by Gasteiger charge is 2.19. The average Bonchev–Trinajstić information content (AvgIpc) is 3.10. The number of pyridine rings is 1. The van der Waals surface area contributed by atoms with Crippen molar-refractivity contribution in [3.8, 4) is 16.9 Å². The molecule has 1 atom stereocenters. The molecule has 28 heavy (non-hydrogen) atoms. The third-order valence-electron chi connectivity index (χ3n) is 5.25. The summed E-state index contributed by atoms with van der Waals surface area (Å²) in [7, 11) is 1.67. The number of aromatic nitrogens is 1. The average molecular weight is 413 g/mol. The molecular formula is C22H21ClN2O2S. The topological polar surface area (TPSA) is 68.1 Å². The van der Waals surface area contributed by atoms with Crippen molar-refractivity contribution in [3.63, 3.8) is 0 Å². The molecule has 0 radical (unpaired) electrons. The second kappa shape index (κ2) is 7.24. The van der Waals surface area contributed by atoms with Gasteiger partial charge in [-0.3, -0.25) is 4.79 Å². The highest BCUT2D eigenvalue weighted by atomic mass is 35.5. The lowest BCUT2D eigenvalue weighted by molar-refractivity contribution is 0.416. The number of methoxy groups -OCH3 is 1. The number of halogens is 1. The minimum absolute atomic E-state index is 0.120. The number of aromatic amines is 1. The summed E-state index contributed by atoms with van der Waals surface area (Å²) in [4.78, 5) is 15.6. The summed E-state index contributed by atoms with van der Waals surface area (Å²) in [6.45, 7) is 4.68. The van der Waals surface area contributed by atoms with E-state index in [2.05, 4.69) is 36.2 Å². The summed E-state index contributed by atoms with van der Waals surface area (Å²) < 4.78 is 6.95. The first-order valence-electron chi connectivity index (χ1n) is 9.07. The molecule has 0 fully saturated rings. The number of H-pyrrole nitrogens is 1. The minimum atomic E-state index is -0.120. The van der Waals surface area contributed by atoms with Gasteiger partial charge in [-0.2, -0.15) is 0 Å². The summed E-state index contributed by atoms with van der Waals surface area (Å²) in [5.74, 6) is 1.06. The van der Waals surface area contributed by atoms with Crippen molar-refractivity contribution in [2.75, 3.05) is 13.7 Å². The maximum atomic E-state index is 12.6. The predicted octanol–water partition coefficient (Wildman–Crippen LogP) is 5.44. The molecule has 0 aliphatic carbocycles. The van der Waals surface area contributed by atoms with E-state index in [1.807, 2.05) is 19.1 Å². The number of fused-ring (bicyclic) bond motifs is 3. The van der Waals surface area contributed by atoms with Crippen LogP contribution in [-0.2, 0) is 0 Å². The van der Waals surface area contributed by atoms with E-state index in [1.54, 1.807) is 7.11 Å². The Morgan fingerprint density at radius 3 is 2.61 bits per heavy atom. The van der Waals surface area contributed by atoms with E-state index in [9.17, 15) is 4.79 Å². The number of rotatable bonds is 4. The van der Waals surface area contributed by atoms with Crippen LogP contribution in [0.2, 0.25) is 4.34 Å². The quantitative estimate of drug-likeness (QED) is 0.468. The molecule has 0 bridgehead atoms. The SMILES string of the molecule is COc1cc(C)c2[nH]c(=O)c3sc(Cl)cc3c2c1-c1ccc([C@@H](C)CN)cc1. The summed E-state index contributed by atoms with van der Waals surface area (Å²) in [5, 5.41) is 1.80. The zero-order valence-electron chi connectivity index (χ0n) is 15.9. The van der Waals surface area contributed by atoms with Crippen LogP contribution < -0.4 is 16.0 Å². The maximum Gasteiger partial charge on any atom is 0.266 e. The summed E-state index contributed by atoms with van der Waals surface area (Å²) in [6.07, 6.45) is 0. The Bertz CT molecular complexity index is 1240. The Kier molecular flexibility index (Phi) is 4.91. The predicted molar refractivity (Wildman–Crippen MR) is 119 cm³/mol. The van der Waals surface area contributed by atoms with Crippen LogP contribution in [0.3, 0.4) is 0 Å². The zero-order chi connectivity index (χ0) is 20.0. The Morgan fingerprint density at radius 1 is 1.25 bits per heavy atom. The number of hydrogen-bond donors (Lipinski definition) is 2. The molecule has 4 rings (SSSR count). The van der Waals surface area contributed by atoms with Crippen LogP contribution in [0, 0.1) is 6.92 Å². The van der Waals surface area contributed by atoms with E-state index >= 15 is 0 Å². The first-order chi connectivity index (χ1) is 13.4. The van der Waals surface area contributed by atoms with Crippen molar-refractivity contribution >= 4 is 43.9 Å². The largest absolute Gasteiger partial charge is 0.496 e. The number of ether oxygens (including phenoxy) is 1. The molecule has 3 N–H and O–H groups in total. The first kappa shape index (κ1) is 19.0. The Balaban J connectivity index is 2.11. The Morgan fingerprint density at radius 2 is 1.96 bits per heavy atom. The smallest absolute Gasteiger partial charge is 0.266 e. The standard InChI is InChI=1S/C22H21ClN2O2S/c1-11-8-16(27-3)18(14-6-4-13(5-7-14)12(2)10-24)19-15-9-17(23)28-21(15)22(26)25-20(11)19/h4-9,12H,10,24H2,1-3H3,(H,25,26)/t12-/m0/s1. The third-order valence-corrected chi connectivity index (χ3v) is 6.51. The van der Waals surface area contributed by atoms with Gasteiger partial charge in [0.2, 0.25) is 0 Å². The van der Waals surface area contributed by atoms with Gasteiger partial charge in [-0.15, -0.1) is 11.3 Å². The van der Waals surface area contributed by atoms with Gasteiger partial charge in [-0.1, -0.05) is 42.8 Å². The normalized spacial score (nSPS) is 12.6. The highest BCUT2D eigenvalue weighted by Crippen LogP contribution is 2.43. The molecule has 4 nitrogen and oxygen atoms in total. The molecule has 0 saturated heterocycles. The van der Waals surface area contributed by atoms with E-state index in [-0.39, 0.29) is 5.56 Å². The molecule has 2 aromatic carbocycles. The van der Waals surface area contributed by atoms with Crippen molar-refractivity contribution in [2.45, 2.75) is 19.8 Å². The van der Waals surface area contributed by atoms with Crippen LogP contribution in [0.1, 0.15) is 24.0 Å². The Labute approximate surface area is 171 Å². The molecular weight excluding hydrogens is 392 g/mol. The van der Waals surface area contributed by atoms with Gasteiger partial charge in [0.05, 0.1) is 17.0 Å². The lowest BCUT2D eigenvalue weighted by atomic mass is 9.93. The fraction of sp³-hybridized carbons (Fsp3) is 0.227. The van der Waals surface area contributed by atoms with Gasteiger partial charge in [-0.25, -0.2) is 0 Å². The molecule has 0 spiro atoms. The number of nitrogens with two attached hydrogens (primary N) is 1. The fourth-order valence-electron chi connectivity index (χ4n) is 3.66. The molecule has 144 valence electrons. The van der Waals surface area contributed by atoms with Gasteiger partial charge in [0.1, 0.15) is 10.4 Å². The second-order valence-electron chi connectivity index (χ2n) is 7.03. The molecule has 6 heteroatoms. The van der Waals surface area contributed by atoms with Crippen molar-refractivity contribution < 1.29 is 4.74 Å². The number of nitrogens with one attached hydrogen (secondary N) is 1. The molecule has 0 aliphatic rings. The molecule has 0 saturated carbocycles. The van der Waals surface area contributed by atoms with Gasteiger partial charge < -0.3 is 15.5 Å². The minimum Gasteiger partial charge on any atom is -0.496 e. The number of thiophene rings is 1. The molecule has 2 heterocycles. The van der Waals surface area contributed by atoms with Gasteiger partial charge in [-0.05, 0) is 48.2 Å².